The fraction of sp³-hybridized carbons (Fsp3) is 0.0952. The van der Waals surface area contributed by atoms with Gasteiger partial charge < -0.3 is 4.74 Å². The molecule has 3 rings (SSSR count). The Bertz CT molecular complexity index is 893. The van der Waals surface area contributed by atoms with Gasteiger partial charge >= 0.3 is 5.97 Å². The van der Waals surface area contributed by atoms with Crippen LogP contribution in [0.15, 0.2) is 79.0 Å². The van der Waals surface area contributed by atoms with Crippen LogP contribution < -0.4 is 4.90 Å². The summed E-state index contributed by atoms with van der Waals surface area (Å²) >= 11 is 5.80. The van der Waals surface area contributed by atoms with E-state index in [2.05, 4.69) is 4.98 Å². The SMILES string of the molecule is CC(OC(=O)c1ccnc(Cl)c1)C(=O)N(c1ccccc1)c1ccccc1. The molecule has 0 spiro atoms. The highest BCUT2D eigenvalue weighted by molar-refractivity contribution is 6.29. The summed E-state index contributed by atoms with van der Waals surface area (Å²) in [4.78, 5) is 30.8. The summed E-state index contributed by atoms with van der Waals surface area (Å²) in [6.07, 6.45) is 0.413. The molecular weight excluding hydrogens is 364 g/mol. The molecule has 2 aromatic carbocycles. The maximum atomic E-state index is 13.1. The van der Waals surface area contributed by atoms with Crippen molar-refractivity contribution in [2.45, 2.75) is 13.0 Å². The molecule has 0 aliphatic heterocycles. The molecule has 0 aliphatic rings. The average molecular weight is 381 g/mol. The van der Waals surface area contributed by atoms with E-state index in [1.165, 1.54) is 23.2 Å². The van der Waals surface area contributed by atoms with Crippen LogP contribution in [0.2, 0.25) is 5.15 Å². The molecule has 6 heteroatoms. The summed E-state index contributed by atoms with van der Waals surface area (Å²) in [5.41, 5.74) is 1.60. The minimum absolute atomic E-state index is 0.179. The monoisotopic (exact) mass is 380 g/mol. The molecule has 0 N–H and O–H groups in total. The van der Waals surface area contributed by atoms with Crippen molar-refractivity contribution in [2.24, 2.45) is 0 Å². The van der Waals surface area contributed by atoms with Crippen LogP contribution in [-0.4, -0.2) is 23.0 Å². The van der Waals surface area contributed by atoms with Gasteiger partial charge in [0.25, 0.3) is 5.91 Å². The first-order chi connectivity index (χ1) is 13.1. The third-order valence-corrected chi connectivity index (χ3v) is 4.05. The Morgan fingerprint density at radius 1 is 0.963 bits per heavy atom. The zero-order valence-electron chi connectivity index (χ0n) is 14.6. The van der Waals surface area contributed by atoms with Gasteiger partial charge in [-0.15, -0.1) is 0 Å². The van der Waals surface area contributed by atoms with Gasteiger partial charge in [0.1, 0.15) is 5.15 Å². The molecule has 0 saturated carbocycles. The lowest BCUT2D eigenvalue weighted by molar-refractivity contribution is -0.125. The summed E-state index contributed by atoms with van der Waals surface area (Å²) in [6.45, 7) is 1.54. The average Bonchev–Trinajstić information content (AvgIpc) is 2.69. The minimum atomic E-state index is -0.996. The number of benzene rings is 2. The molecule has 3 aromatic rings. The molecule has 1 atom stereocenters. The number of amides is 1. The van der Waals surface area contributed by atoms with Crippen molar-refractivity contribution in [3.05, 3.63) is 89.7 Å². The van der Waals surface area contributed by atoms with Crippen molar-refractivity contribution >= 4 is 34.9 Å². The summed E-state index contributed by atoms with van der Waals surface area (Å²) in [5.74, 6) is -0.998. The Morgan fingerprint density at radius 3 is 2.04 bits per heavy atom. The predicted octanol–water partition coefficient (Wildman–Crippen LogP) is 4.65. The predicted molar refractivity (Wildman–Crippen MR) is 104 cm³/mol. The number of para-hydroxylation sites is 2. The highest BCUT2D eigenvalue weighted by Gasteiger charge is 2.26. The number of carbonyl (C=O) groups is 2. The van der Waals surface area contributed by atoms with Crippen LogP contribution in [0.5, 0.6) is 0 Å². The van der Waals surface area contributed by atoms with E-state index in [0.717, 1.165) is 0 Å². The molecule has 5 nitrogen and oxygen atoms in total. The third-order valence-electron chi connectivity index (χ3n) is 3.84. The number of esters is 1. The highest BCUT2D eigenvalue weighted by atomic mass is 35.5. The van der Waals surface area contributed by atoms with Crippen LogP contribution in [0.25, 0.3) is 0 Å². The van der Waals surface area contributed by atoms with Gasteiger partial charge in [-0.3, -0.25) is 9.69 Å². The van der Waals surface area contributed by atoms with Gasteiger partial charge in [-0.1, -0.05) is 48.0 Å². The first-order valence-electron chi connectivity index (χ1n) is 8.33. The highest BCUT2D eigenvalue weighted by Crippen LogP contribution is 2.26. The van der Waals surface area contributed by atoms with Gasteiger partial charge in [0.2, 0.25) is 0 Å². The smallest absolute Gasteiger partial charge is 0.339 e. The summed E-state index contributed by atoms with van der Waals surface area (Å²) < 4.78 is 5.36. The van der Waals surface area contributed by atoms with Gasteiger partial charge in [-0.05, 0) is 43.3 Å². The zero-order valence-corrected chi connectivity index (χ0v) is 15.3. The Kier molecular flexibility index (Phi) is 5.84. The molecule has 1 unspecified atom stereocenters. The molecule has 1 heterocycles. The number of aromatic nitrogens is 1. The second kappa shape index (κ2) is 8.47. The number of ether oxygens (including phenoxy) is 1. The summed E-state index contributed by atoms with van der Waals surface area (Å²) in [7, 11) is 0. The van der Waals surface area contributed by atoms with Gasteiger partial charge in [-0.25, -0.2) is 9.78 Å². The first-order valence-corrected chi connectivity index (χ1v) is 8.70. The van der Waals surface area contributed by atoms with Gasteiger partial charge in [-0.2, -0.15) is 0 Å². The second-order valence-corrected chi connectivity index (χ2v) is 6.15. The molecule has 0 saturated heterocycles. The van der Waals surface area contributed by atoms with Crippen LogP contribution in [-0.2, 0) is 9.53 Å². The Hall–Kier alpha value is -3.18. The number of rotatable bonds is 5. The first kappa shape index (κ1) is 18.6. The molecule has 1 amide bonds. The van der Waals surface area contributed by atoms with E-state index in [0.29, 0.717) is 11.4 Å². The number of carbonyl (C=O) groups excluding carboxylic acids is 2. The van der Waals surface area contributed by atoms with Crippen molar-refractivity contribution < 1.29 is 14.3 Å². The maximum absolute atomic E-state index is 13.1. The fourth-order valence-corrected chi connectivity index (χ4v) is 2.72. The standard InChI is InChI=1S/C21H17ClN2O3/c1-15(27-21(26)16-12-13-23-19(22)14-16)20(25)24(17-8-4-2-5-9-17)18-10-6-3-7-11-18/h2-15H,1H3. The summed E-state index contributed by atoms with van der Waals surface area (Å²) in [5, 5.41) is 0.179. The lowest BCUT2D eigenvalue weighted by atomic mass is 10.2. The number of hydrogen-bond acceptors (Lipinski definition) is 4. The van der Waals surface area contributed by atoms with Crippen LogP contribution in [0.1, 0.15) is 17.3 Å². The van der Waals surface area contributed by atoms with Crippen molar-refractivity contribution in [1.29, 1.82) is 0 Å². The lowest BCUT2D eigenvalue weighted by Crippen LogP contribution is -2.37. The lowest BCUT2D eigenvalue weighted by Gasteiger charge is -2.26. The van der Waals surface area contributed by atoms with E-state index in [9.17, 15) is 9.59 Å². The Labute approximate surface area is 162 Å². The number of nitrogens with zero attached hydrogens (tertiary/aromatic N) is 2. The van der Waals surface area contributed by atoms with E-state index in [1.54, 1.807) is 6.92 Å². The second-order valence-electron chi connectivity index (χ2n) is 5.76. The molecule has 0 radical (unpaired) electrons. The number of hydrogen-bond donors (Lipinski definition) is 0. The molecule has 27 heavy (non-hydrogen) atoms. The third kappa shape index (κ3) is 4.51. The van der Waals surface area contributed by atoms with Crippen molar-refractivity contribution in [2.75, 3.05) is 4.90 Å². The van der Waals surface area contributed by atoms with E-state index in [4.69, 9.17) is 16.3 Å². The van der Waals surface area contributed by atoms with E-state index in [1.807, 2.05) is 60.7 Å². The van der Waals surface area contributed by atoms with Crippen LogP contribution >= 0.6 is 11.6 Å². The number of halogens is 1. The maximum Gasteiger partial charge on any atom is 0.339 e. The number of pyridine rings is 1. The van der Waals surface area contributed by atoms with Gasteiger partial charge in [0.15, 0.2) is 6.10 Å². The molecule has 1 aromatic heterocycles. The largest absolute Gasteiger partial charge is 0.449 e. The van der Waals surface area contributed by atoms with Crippen LogP contribution in [0.3, 0.4) is 0 Å². The van der Waals surface area contributed by atoms with E-state index < -0.39 is 12.1 Å². The van der Waals surface area contributed by atoms with E-state index >= 15 is 0 Å². The molecule has 0 bridgehead atoms. The Balaban J connectivity index is 1.84. The minimum Gasteiger partial charge on any atom is -0.449 e. The van der Waals surface area contributed by atoms with Crippen LogP contribution in [0.4, 0.5) is 11.4 Å². The normalized spacial score (nSPS) is 11.5. The zero-order chi connectivity index (χ0) is 19.2. The van der Waals surface area contributed by atoms with Crippen molar-refractivity contribution in [1.82, 2.24) is 4.98 Å². The van der Waals surface area contributed by atoms with Gasteiger partial charge in [0, 0.05) is 17.6 Å². The topological polar surface area (TPSA) is 59.5 Å². The molecule has 136 valence electrons. The molecule has 0 aliphatic carbocycles. The Morgan fingerprint density at radius 2 is 1.52 bits per heavy atom. The van der Waals surface area contributed by atoms with E-state index in [-0.39, 0.29) is 16.6 Å². The fourth-order valence-electron chi connectivity index (χ4n) is 2.55. The molecular formula is C21H17ClN2O3. The number of anilines is 2. The molecule has 0 fully saturated rings. The summed E-state index contributed by atoms with van der Waals surface area (Å²) in [6, 6.07) is 21.3. The van der Waals surface area contributed by atoms with Crippen LogP contribution in [0, 0.1) is 0 Å². The van der Waals surface area contributed by atoms with Crippen molar-refractivity contribution in [3.63, 3.8) is 0 Å². The quantitative estimate of drug-likeness (QED) is 0.477. The van der Waals surface area contributed by atoms with Gasteiger partial charge in [0.05, 0.1) is 5.56 Å². The van der Waals surface area contributed by atoms with Crippen molar-refractivity contribution in [3.8, 4) is 0 Å².